The molecule has 0 saturated carbocycles. The number of aryl methyl sites for hydroxylation is 1. The number of nitrogens with zero attached hydrogens (tertiary/aromatic N) is 3. The Morgan fingerprint density at radius 3 is 2.65 bits per heavy atom. The van der Waals surface area contributed by atoms with Crippen molar-refractivity contribution >= 4 is 50.7 Å². The van der Waals surface area contributed by atoms with Gasteiger partial charge in [-0.15, -0.1) is 11.3 Å². The number of amides is 1. The van der Waals surface area contributed by atoms with Gasteiger partial charge in [0.25, 0.3) is 5.91 Å². The molecule has 1 amide bonds. The Kier molecular flexibility index (Phi) is 7.04. The number of hydrogen-bond acceptors (Lipinski definition) is 6. The van der Waals surface area contributed by atoms with Crippen molar-refractivity contribution in [2.24, 2.45) is 0 Å². The summed E-state index contributed by atoms with van der Waals surface area (Å²) in [5, 5.41) is 1.72. The number of halogens is 1. The van der Waals surface area contributed by atoms with Gasteiger partial charge in [0.05, 0.1) is 15.2 Å². The van der Waals surface area contributed by atoms with Gasteiger partial charge in [0.1, 0.15) is 0 Å². The van der Waals surface area contributed by atoms with Crippen LogP contribution in [0.15, 0.2) is 48.5 Å². The van der Waals surface area contributed by atoms with Crippen LogP contribution in [0.3, 0.4) is 0 Å². The monoisotopic (exact) mass is 457 g/mol. The van der Waals surface area contributed by atoms with Crippen LogP contribution in [0.25, 0.3) is 10.2 Å². The average molecular weight is 458 g/mol. The summed E-state index contributed by atoms with van der Waals surface area (Å²) < 4.78 is 6.36. The van der Waals surface area contributed by atoms with Gasteiger partial charge in [-0.25, -0.2) is 4.98 Å². The lowest BCUT2D eigenvalue weighted by molar-refractivity contribution is -0.152. The zero-order valence-electron chi connectivity index (χ0n) is 17.1. The highest BCUT2D eigenvalue weighted by Gasteiger charge is 2.22. The van der Waals surface area contributed by atoms with Crippen molar-refractivity contribution in [2.75, 3.05) is 37.7 Å². The van der Waals surface area contributed by atoms with Gasteiger partial charge in [0, 0.05) is 43.3 Å². The van der Waals surface area contributed by atoms with E-state index in [0.717, 1.165) is 40.4 Å². The third kappa shape index (κ3) is 5.74. The summed E-state index contributed by atoms with van der Waals surface area (Å²) in [7, 11) is 0. The minimum absolute atomic E-state index is 0.148. The second-order valence-corrected chi connectivity index (χ2v) is 8.99. The number of fused-ring (bicyclic) bond motifs is 1. The average Bonchev–Trinajstić information content (AvgIpc) is 3.20. The Bertz CT molecular complexity index is 1030. The van der Waals surface area contributed by atoms with Crippen molar-refractivity contribution in [3.8, 4) is 0 Å². The highest BCUT2D eigenvalue weighted by Crippen LogP contribution is 2.23. The van der Waals surface area contributed by atoms with Crippen LogP contribution in [0.4, 0.5) is 5.69 Å². The Morgan fingerprint density at radius 1 is 1.06 bits per heavy atom. The molecule has 0 bridgehead atoms. The number of hydrogen-bond donors (Lipinski definition) is 0. The molecule has 1 aliphatic heterocycles. The number of thiazole rings is 1. The quantitative estimate of drug-likeness (QED) is 0.498. The molecular formula is C23H24ClN3O3S. The molecule has 8 heteroatoms. The predicted octanol–water partition coefficient (Wildman–Crippen LogP) is 4.16. The van der Waals surface area contributed by atoms with E-state index in [9.17, 15) is 9.59 Å². The van der Waals surface area contributed by atoms with Gasteiger partial charge in [-0.3, -0.25) is 9.59 Å². The first-order valence-electron chi connectivity index (χ1n) is 10.4. The van der Waals surface area contributed by atoms with E-state index in [1.807, 2.05) is 48.5 Å². The molecule has 0 unspecified atom stereocenters. The molecule has 0 N–H and O–H groups in total. The molecular weight excluding hydrogens is 434 g/mol. The number of ether oxygens (including phenoxy) is 1. The van der Waals surface area contributed by atoms with E-state index < -0.39 is 0 Å². The van der Waals surface area contributed by atoms with Gasteiger partial charge in [0.15, 0.2) is 6.61 Å². The predicted molar refractivity (Wildman–Crippen MR) is 124 cm³/mol. The molecule has 0 aliphatic carbocycles. The molecule has 0 radical (unpaired) electrons. The molecule has 31 heavy (non-hydrogen) atoms. The number of aromatic nitrogens is 1. The number of rotatable bonds is 7. The van der Waals surface area contributed by atoms with Crippen LogP contribution in [-0.4, -0.2) is 54.5 Å². The van der Waals surface area contributed by atoms with Gasteiger partial charge in [0.2, 0.25) is 0 Å². The third-order valence-electron chi connectivity index (χ3n) is 5.27. The number of para-hydroxylation sites is 1. The smallest absolute Gasteiger partial charge is 0.306 e. The largest absolute Gasteiger partial charge is 0.456 e. The summed E-state index contributed by atoms with van der Waals surface area (Å²) >= 11 is 7.71. The van der Waals surface area contributed by atoms with E-state index in [-0.39, 0.29) is 24.9 Å². The number of anilines is 1. The van der Waals surface area contributed by atoms with Gasteiger partial charge < -0.3 is 14.5 Å². The molecule has 1 aliphatic rings. The van der Waals surface area contributed by atoms with Crippen molar-refractivity contribution < 1.29 is 14.3 Å². The van der Waals surface area contributed by atoms with E-state index in [0.29, 0.717) is 24.5 Å². The highest BCUT2D eigenvalue weighted by molar-refractivity contribution is 7.18. The first-order valence-corrected chi connectivity index (χ1v) is 11.6. The summed E-state index contributed by atoms with van der Waals surface area (Å²) in [6, 6.07) is 15.7. The summed E-state index contributed by atoms with van der Waals surface area (Å²) in [5.41, 5.74) is 2.05. The molecule has 4 rings (SSSR count). The summed E-state index contributed by atoms with van der Waals surface area (Å²) in [4.78, 5) is 32.9. The molecule has 0 spiro atoms. The first kappa shape index (κ1) is 21.6. The Balaban J connectivity index is 1.15. The fourth-order valence-corrected chi connectivity index (χ4v) is 4.80. The lowest BCUT2D eigenvalue weighted by Crippen LogP contribution is -2.49. The number of esters is 1. The van der Waals surface area contributed by atoms with Crippen LogP contribution in [0.1, 0.15) is 17.8 Å². The second-order valence-electron chi connectivity index (χ2n) is 7.44. The molecule has 3 aromatic rings. The Morgan fingerprint density at radius 2 is 1.87 bits per heavy atom. The minimum atomic E-state index is -0.341. The lowest BCUT2D eigenvalue weighted by atomic mass is 10.2. The lowest BCUT2D eigenvalue weighted by Gasteiger charge is -2.36. The van der Waals surface area contributed by atoms with Crippen LogP contribution in [0.2, 0.25) is 5.02 Å². The molecule has 2 aromatic carbocycles. The number of piperazine rings is 1. The maximum Gasteiger partial charge on any atom is 0.306 e. The standard InChI is InChI=1S/C23H24ClN3O3S/c24-17-5-3-6-18(15-17)26-11-13-27(14-12-26)22(28)16-30-23(29)10-4-9-21-25-19-7-1-2-8-20(19)31-21/h1-3,5-8,15H,4,9-14,16H2. The van der Waals surface area contributed by atoms with E-state index >= 15 is 0 Å². The molecule has 0 atom stereocenters. The van der Waals surface area contributed by atoms with Crippen LogP contribution in [-0.2, 0) is 20.7 Å². The molecule has 162 valence electrons. The van der Waals surface area contributed by atoms with E-state index in [1.54, 1.807) is 16.2 Å². The maximum absolute atomic E-state index is 12.4. The summed E-state index contributed by atoms with van der Waals surface area (Å²) in [6.07, 6.45) is 1.67. The van der Waals surface area contributed by atoms with Gasteiger partial charge in [-0.1, -0.05) is 29.8 Å². The fraction of sp³-hybridized carbons (Fsp3) is 0.348. The SMILES string of the molecule is O=C(CCCc1nc2ccccc2s1)OCC(=O)N1CCN(c2cccc(Cl)c2)CC1. The van der Waals surface area contributed by atoms with Crippen molar-refractivity contribution in [1.29, 1.82) is 0 Å². The fourth-order valence-electron chi connectivity index (χ4n) is 3.60. The van der Waals surface area contributed by atoms with Crippen molar-refractivity contribution in [3.05, 3.63) is 58.6 Å². The summed E-state index contributed by atoms with van der Waals surface area (Å²) in [5.74, 6) is -0.489. The van der Waals surface area contributed by atoms with Gasteiger partial charge >= 0.3 is 5.97 Å². The van der Waals surface area contributed by atoms with E-state index in [2.05, 4.69) is 9.88 Å². The minimum Gasteiger partial charge on any atom is -0.456 e. The molecule has 2 heterocycles. The highest BCUT2D eigenvalue weighted by atomic mass is 35.5. The second kappa shape index (κ2) is 10.1. The third-order valence-corrected chi connectivity index (χ3v) is 6.60. The van der Waals surface area contributed by atoms with E-state index in [1.165, 1.54) is 0 Å². The van der Waals surface area contributed by atoms with Crippen molar-refractivity contribution in [2.45, 2.75) is 19.3 Å². The molecule has 6 nitrogen and oxygen atoms in total. The van der Waals surface area contributed by atoms with Crippen molar-refractivity contribution in [1.82, 2.24) is 9.88 Å². The number of carbonyl (C=O) groups excluding carboxylic acids is 2. The zero-order chi connectivity index (χ0) is 21.6. The number of carbonyl (C=O) groups is 2. The topological polar surface area (TPSA) is 62.7 Å². The number of benzene rings is 2. The Labute approximate surface area is 190 Å². The maximum atomic E-state index is 12.4. The van der Waals surface area contributed by atoms with Gasteiger partial charge in [-0.2, -0.15) is 0 Å². The summed E-state index contributed by atoms with van der Waals surface area (Å²) in [6.45, 7) is 2.45. The molecule has 1 fully saturated rings. The van der Waals surface area contributed by atoms with Crippen LogP contribution < -0.4 is 4.90 Å². The zero-order valence-corrected chi connectivity index (χ0v) is 18.7. The van der Waals surface area contributed by atoms with E-state index in [4.69, 9.17) is 16.3 Å². The van der Waals surface area contributed by atoms with Gasteiger partial charge in [-0.05, 0) is 43.2 Å². The molecule has 1 aromatic heterocycles. The molecule has 1 saturated heterocycles. The van der Waals surface area contributed by atoms with Crippen molar-refractivity contribution in [3.63, 3.8) is 0 Å². The van der Waals surface area contributed by atoms with Crippen LogP contribution >= 0.6 is 22.9 Å². The normalized spacial score (nSPS) is 14.1. The Hall–Kier alpha value is -2.64. The van der Waals surface area contributed by atoms with Crippen LogP contribution in [0.5, 0.6) is 0 Å². The first-order chi connectivity index (χ1) is 15.1. The van der Waals surface area contributed by atoms with Crippen LogP contribution in [0, 0.1) is 0 Å².